The van der Waals surface area contributed by atoms with Crippen LogP contribution in [0.15, 0.2) is 48.8 Å². The number of hydrogen-bond donors (Lipinski definition) is 2. The Balaban J connectivity index is 1.87. The van der Waals surface area contributed by atoms with Crippen LogP contribution in [0.3, 0.4) is 0 Å². The number of aromatic carboxylic acids is 1. The lowest BCUT2D eigenvalue weighted by Gasteiger charge is -2.09. The summed E-state index contributed by atoms with van der Waals surface area (Å²) in [5.74, 6) is -0.869. The van der Waals surface area contributed by atoms with Crippen molar-refractivity contribution >= 4 is 40.1 Å². The number of carboxylic acids is 1. The van der Waals surface area contributed by atoms with E-state index in [-0.39, 0.29) is 11.5 Å². The maximum absolute atomic E-state index is 13.5. The van der Waals surface area contributed by atoms with E-state index in [0.717, 1.165) is 29.9 Å². The molecule has 34 heavy (non-hydrogen) atoms. The zero-order valence-electron chi connectivity index (χ0n) is 19.1. The third-order valence-corrected chi connectivity index (χ3v) is 5.92. The van der Waals surface area contributed by atoms with Gasteiger partial charge in [0.15, 0.2) is 0 Å². The van der Waals surface area contributed by atoms with Gasteiger partial charge in [0.1, 0.15) is 5.75 Å². The fourth-order valence-corrected chi connectivity index (χ4v) is 4.32. The molecule has 0 aliphatic carbocycles. The Bertz CT molecular complexity index is 1370. The van der Waals surface area contributed by atoms with Gasteiger partial charge in [-0.3, -0.25) is 9.48 Å². The number of benzene rings is 2. The summed E-state index contributed by atoms with van der Waals surface area (Å²) in [6.07, 6.45) is 5.26. The Morgan fingerprint density at radius 1 is 1.18 bits per heavy atom. The Morgan fingerprint density at radius 3 is 2.53 bits per heavy atom. The molecule has 0 aliphatic rings. The summed E-state index contributed by atoms with van der Waals surface area (Å²) in [5.41, 5.74) is 3.54. The number of rotatable bonds is 8. The van der Waals surface area contributed by atoms with Crippen LogP contribution in [0.5, 0.6) is 5.75 Å². The second-order valence-electron chi connectivity index (χ2n) is 7.81. The molecule has 4 rings (SSSR count). The molecule has 0 atom stereocenters. The Labute approximate surface area is 201 Å². The molecule has 4 aromatic rings. The Hall–Kier alpha value is -3.78. The first-order valence-corrected chi connectivity index (χ1v) is 11.3. The van der Waals surface area contributed by atoms with E-state index in [1.807, 2.05) is 22.4 Å². The molecular weight excluding hydrogens is 456 g/mol. The molecule has 0 radical (unpaired) electrons. The van der Waals surface area contributed by atoms with E-state index in [1.54, 1.807) is 30.5 Å². The van der Waals surface area contributed by atoms with Crippen LogP contribution in [0.2, 0.25) is 5.02 Å². The van der Waals surface area contributed by atoms with Crippen LogP contribution >= 0.6 is 11.6 Å². The molecule has 8 nitrogen and oxygen atoms in total. The van der Waals surface area contributed by atoms with Crippen molar-refractivity contribution in [3.63, 3.8) is 0 Å². The van der Waals surface area contributed by atoms with Crippen molar-refractivity contribution < 1.29 is 19.4 Å². The van der Waals surface area contributed by atoms with Gasteiger partial charge in [0.25, 0.3) is 5.91 Å². The first-order chi connectivity index (χ1) is 16.4. The number of hydrogen-bond acceptors (Lipinski definition) is 4. The molecule has 2 aromatic heterocycles. The van der Waals surface area contributed by atoms with Gasteiger partial charge in [0, 0.05) is 29.5 Å². The number of aryl methyl sites for hydroxylation is 1. The average Bonchev–Trinajstić information content (AvgIpc) is 3.40. The number of anilines is 1. The zero-order valence-corrected chi connectivity index (χ0v) is 19.9. The fourth-order valence-electron chi connectivity index (χ4n) is 4.09. The van der Waals surface area contributed by atoms with Gasteiger partial charge in [-0.2, -0.15) is 5.10 Å². The number of aromatic nitrogens is 3. The van der Waals surface area contributed by atoms with Crippen LogP contribution in [-0.4, -0.2) is 38.4 Å². The van der Waals surface area contributed by atoms with Crippen LogP contribution in [0.4, 0.5) is 5.69 Å². The first-order valence-electron chi connectivity index (χ1n) is 11.0. The minimum absolute atomic E-state index is 0.146. The molecule has 2 aromatic carbocycles. The van der Waals surface area contributed by atoms with Crippen molar-refractivity contribution in [1.29, 1.82) is 0 Å². The van der Waals surface area contributed by atoms with Crippen LogP contribution in [0, 0.1) is 0 Å². The van der Waals surface area contributed by atoms with E-state index in [0.29, 0.717) is 33.8 Å². The van der Waals surface area contributed by atoms with E-state index in [2.05, 4.69) is 17.3 Å². The highest BCUT2D eigenvalue weighted by molar-refractivity contribution is 6.33. The van der Waals surface area contributed by atoms with Crippen molar-refractivity contribution in [3.05, 3.63) is 70.6 Å². The molecule has 1 amide bonds. The molecule has 0 unspecified atom stereocenters. The monoisotopic (exact) mass is 480 g/mol. The summed E-state index contributed by atoms with van der Waals surface area (Å²) in [7, 11) is 1.53. The van der Waals surface area contributed by atoms with E-state index in [4.69, 9.17) is 21.4 Å². The van der Waals surface area contributed by atoms with Gasteiger partial charge in [0.05, 0.1) is 40.7 Å². The van der Waals surface area contributed by atoms with Gasteiger partial charge < -0.3 is 19.7 Å². The molecular formula is C25H25ClN4O4. The molecule has 2 N–H and O–H groups in total. The number of methoxy groups -OCH3 is 1. The number of fused-ring (bicyclic) bond motifs is 1. The lowest BCUT2D eigenvalue weighted by atomic mass is 10.1. The lowest BCUT2D eigenvalue weighted by molar-refractivity contribution is 0.0696. The molecule has 9 heteroatoms. The highest BCUT2D eigenvalue weighted by Crippen LogP contribution is 2.37. The Morgan fingerprint density at radius 2 is 1.91 bits per heavy atom. The maximum atomic E-state index is 13.5. The summed E-state index contributed by atoms with van der Waals surface area (Å²) in [6.45, 7) is 4.86. The normalized spacial score (nSPS) is 11.1. The molecule has 0 bridgehead atoms. The standard InChI is InChI=1S/C25H25ClN4O4/c1-4-10-29-14-17(13-27-29)30-20(5-2)23(18-11-22(34-3)19(26)12-21(18)30)24(31)28-16-8-6-15(7-9-16)25(32)33/h6-9,11-14H,4-5,10H2,1-3H3,(H,28,31)(H,32,33). The average molecular weight is 481 g/mol. The van der Waals surface area contributed by atoms with Gasteiger partial charge in [0.2, 0.25) is 0 Å². The van der Waals surface area contributed by atoms with Gasteiger partial charge in [-0.05, 0) is 49.2 Å². The predicted octanol–water partition coefficient (Wildman–Crippen LogP) is 5.41. The van der Waals surface area contributed by atoms with Gasteiger partial charge in [-0.15, -0.1) is 0 Å². The van der Waals surface area contributed by atoms with Crippen LogP contribution in [-0.2, 0) is 13.0 Å². The fraction of sp³-hybridized carbons (Fsp3) is 0.240. The van der Waals surface area contributed by atoms with Crippen molar-refractivity contribution in [1.82, 2.24) is 14.3 Å². The quantitative estimate of drug-likeness (QED) is 0.351. The minimum Gasteiger partial charge on any atom is -0.495 e. The largest absolute Gasteiger partial charge is 0.495 e. The second-order valence-corrected chi connectivity index (χ2v) is 8.22. The molecule has 0 saturated heterocycles. The number of carboxylic acid groups (broad SMARTS) is 1. The molecule has 0 spiro atoms. The number of halogens is 1. The zero-order chi connectivity index (χ0) is 24.4. The SMILES string of the molecule is CCCn1cc(-n2c(CC)c(C(=O)Nc3ccc(C(=O)O)cc3)c3cc(OC)c(Cl)cc32)cn1. The molecule has 0 aliphatic heterocycles. The van der Waals surface area contributed by atoms with Crippen LogP contribution in [0.25, 0.3) is 16.6 Å². The van der Waals surface area contributed by atoms with Crippen molar-refractivity contribution in [2.24, 2.45) is 0 Å². The summed E-state index contributed by atoms with van der Waals surface area (Å²) in [6, 6.07) is 9.60. The van der Waals surface area contributed by atoms with E-state index < -0.39 is 5.97 Å². The summed E-state index contributed by atoms with van der Waals surface area (Å²) >= 11 is 6.46. The van der Waals surface area contributed by atoms with Gasteiger partial charge in [-0.25, -0.2) is 4.79 Å². The smallest absolute Gasteiger partial charge is 0.335 e. The number of carbonyl (C=O) groups excluding carboxylic acids is 1. The number of nitrogens with zero attached hydrogens (tertiary/aromatic N) is 3. The van der Waals surface area contributed by atoms with Crippen molar-refractivity contribution in [2.45, 2.75) is 33.2 Å². The van der Waals surface area contributed by atoms with Crippen molar-refractivity contribution in [3.8, 4) is 11.4 Å². The summed E-state index contributed by atoms with van der Waals surface area (Å²) in [5, 5.41) is 17.6. The molecule has 2 heterocycles. The predicted molar refractivity (Wildman–Crippen MR) is 132 cm³/mol. The Kier molecular flexibility index (Phi) is 6.61. The molecule has 176 valence electrons. The minimum atomic E-state index is -1.03. The summed E-state index contributed by atoms with van der Waals surface area (Å²) in [4.78, 5) is 24.7. The topological polar surface area (TPSA) is 98.4 Å². The van der Waals surface area contributed by atoms with Crippen LogP contribution < -0.4 is 10.1 Å². The summed E-state index contributed by atoms with van der Waals surface area (Å²) < 4.78 is 9.29. The maximum Gasteiger partial charge on any atom is 0.335 e. The first kappa shape index (κ1) is 23.4. The second kappa shape index (κ2) is 9.61. The number of amides is 1. The number of nitrogens with one attached hydrogen (secondary N) is 1. The van der Waals surface area contributed by atoms with Gasteiger partial charge in [-0.1, -0.05) is 25.4 Å². The number of ether oxygens (including phenoxy) is 1. The lowest BCUT2D eigenvalue weighted by Crippen LogP contribution is -2.14. The van der Waals surface area contributed by atoms with Crippen LogP contribution in [0.1, 0.15) is 46.7 Å². The third-order valence-electron chi connectivity index (χ3n) is 5.62. The number of carbonyl (C=O) groups is 2. The highest BCUT2D eigenvalue weighted by Gasteiger charge is 2.25. The van der Waals surface area contributed by atoms with E-state index in [1.165, 1.54) is 19.2 Å². The molecule has 0 saturated carbocycles. The van der Waals surface area contributed by atoms with Gasteiger partial charge >= 0.3 is 5.97 Å². The highest BCUT2D eigenvalue weighted by atomic mass is 35.5. The molecule has 0 fully saturated rings. The van der Waals surface area contributed by atoms with Crippen molar-refractivity contribution in [2.75, 3.05) is 12.4 Å². The van der Waals surface area contributed by atoms with E-state index in [9.17, 15) is 9.59 Å². The third kappa shape index (κ3) is 4.24. The van der Waals surface area contributed by atoms with E-state index >= 15 is 0 Å².